The average Bonchev–Trinajstić information content (AvgIpc) is 2.34. The van der Waals surface area contributed by atoms with Crippen LogP contribution in [0.2, 0.25) is 0 Å². The highest BCUT2D eigenvalue weighted by Gasteiger charge is 2.17. The summed E-state index contributed by atoms with van der Waals surface area (Å²) in [5.74, 6) is -0.408. The van der Waals surface area contributed by atoms with E-state index in [4.69, 9.17) is 5.73 Å². The molecule has 1 rings (SSSR count). The first-order chi connectivity index (χ1) is 9.02. The van der Waals surface area contributed by atoms with Crippen LogP contribution in [-0.2, 0) is 9.59 Å². The predicted molar refractivity (Wildman–Crippen MR) is 76.3 cm³/mol. The van der Waals surface area contributed by atoms with Gasteiger partial charge in [0.1, 0.15) is 0 Å². The summed E-state index contributed by atoms with van der Waals surface area (Å²) in [7, 11) is 0. The van der Waals surface area contributed by atoms with E-state index in [0.717, 1.165) is 0 Å². The smallest absolute Gasteiger partial charge is 0.251 e. The van der Waals surface area contributed by atoms with Gasteiger partial charge in [0.15, 0.2) is 5.78 Å². The maximum Gasteiger partial charge on any atom is 0.251 e. The van der Waals surface area contributed by atoms with Gasteiger partial charge in [-0.25, -0.2) is 0 Å². The number of amides is 1. The van der Waals surface area contributed by atoms with Crippen LogP contribution in [-0.4, -0.2) is 24.3 Å². The molecule has 0 radical (unpaired) electrons. The molecule has 0 aromatic carbocycles. The van der Waals surface area contributed by atoms with Gasteiger partial charge < -0.3 is 11.1 Å². The van der Waals surface area contributed by atoms with Crippen LogP contribution in [0.1, 0.15) is 13.8 Å². The van der Waals surface area contributed by atoms with E-state index in [0.29, 0.717) is 5.57 Å². The molecule has 0 aromatic heterocycles. The van der Waals surface area contributed by atoms with Crippen LogP contribution in [0.3, 0.4) is 0 Å². The highest BCUT2D eigenvalue weighted by molar-refractivity contribution is 5.97. The van der Waals surface area contributed by atoms with E-state index in [1.54, 1.807) is 38.2 Å². The molecule has 0 saturated heterocycles. The molecule has 0 aliphatic heterocycles. The summed E-state index contributed by atoms with van der Waals surface area (Å²) < 4.78 is 0. The van der Waals surface area contributed by atoms with Gasteiger partial charge in [-0.05, 0) is 12.2 Å². The first-order valence-corrected chi connectivity index (χ1v) is 6.31. The Morgan fingerprint density at radius 2 is 1.79 bits per heavy atom. The minimum absolute atomic E-state index is 0.0506. The molecule has 1 atom stereocenters. The monoisotopic (exact) mass is 260 g/mol. The number of carbonyl (C=O) groups excluding carboxylic acids is 2. The third-order valence-corrected chi connectivity index (χ3v) is 2.68. The van der Waals surface area contributed by atoms with Gasteiger partial charge in [0.05, 0.1) is 6.04 Å². The fourth-order valence-corrected chi connectivity index (χ4v) is 1.55. The van der Waals surface area contributed by atoms with Crippen molar-refractivity contribution in [3.63, 3.8) is 0 Å². The molecular formula is C15H20N2O2. The van der Waals surface area contributed by atoms with Crippen molar-refractivity contribution in [2.45, 2.75) is 19.9 Å². The summed E-state index contributed by atoms with van der Waals surface area (Å²) in [5, 5.41) is 2.67. The van der Waals surface area contributed by atoms with Crippen molar-refractivity contribution in [1.29, 1.82) is 0 Å². The van der Waals surface area contributed by atoms with Crippen molar-refractivity contribution in [3.8, 4) is 0 Å². The lowest BCUT2D eigenvalue weighted by atomic mass is 10.0. The van der Waals surface area contributed by atoms with Gasteiger partial charge in [-0.15, -0.1) is 0 Å². The third-order valence-electron chi connectivity index (χ3n) is 2.68. The molecule has 1 aliphatic carbocycles. The number of hydrogen-bond donors (Lipinski definition) is 2. The van der Waals surface area contributed by atoms with Gasteiger partial charge in [0.25, 0.3) is 5.91 Å². The number of carbonyl (C=O) groups is 2. The molecule has 0 bridgehead atoms. The van der Waals surface area contributed by atoms with E-state index in [1.165, 1.54) is 0 Å². The number of nitrogens with two attached hydrogens (primary N) is 1. The van der Waals surface area contributed by atoms with E-state index >= 15 is 0 Å². The molecule has 4 nitrogen and oxygen atoms in total. The molecule has 102 valence electrons. The van der Waals surface area contributed by atoms with Crippen molar-refractivity contribution in [1.82, 2.24) is 5.32 Å². The Morgan fingerprint density at radius 1 is 1.16 bits per heavy atom. The standard InChI is InChI=1S/C15H20N2O2/c1-11(2)14(18)13(16)10-17-15(19)12-8-6-4-3-5-7-9-12/h3-9,11,13H,10,16H2,1-2H3,(H,17,19)/b4-3-,5-3?,6-4?,7-5-,8-6?,9-7?,12-8?,12-9?. The van der Waals surface area contributed by atoms with Crippen LogP contribution < -0.4 is 11.1 Å². The zero-order valence-corrected chi connectivity index (χ0v) is 11.3. The molecule has 1 amide bonds. The number of allylic oxidation sites excluding steroid dienone is 6. The lowest BCUT2D eigenvalue weighted by Crippen LogP contribution is -2.44. The van der Waals surface area contributed by atoms with E-state index in [2.05, 4.69) is 5.32 Å². The van der Waals surface area contributed by atoms with Crippen molar-refractivity contribution < 1.29 is 9.59 Å². The van der Waals surface area contributed by atoms with Crippen molar-refractivity contribution in [3.05, 3.63) is 48.1 Å². The molecule has 4 heteroatoms. The second-order valence-corrected chi connectivity index (χ2v) is 4.62. The zero-order chi connectivity index (χ0) is 14.3. The van der Waals surface area contributed by atoms with Crippen molar-refractivity contribution in [2.24, 2.45) is 11.7 Å². The minimum atomic E-state index is -0.655. The van der Waals surface area contributed by atoms with Gasteiger partial charge >= 0.3 is 0 Å². The topological polar surface area (TPSA) is 72.2 Å². The summed E-state index contributed by atoms with van der Waals surface area (Å²) in [6.07, 6.45) is 12.5. The first kappa shape index (κ1) is 15.1. The molecule has 3 N–H and O–H groups in total. The normalized spacial score (nSPS) is 19.1. The van der Waals surface area contributed by atoms with Gasteiger partial charge in [0.2, 0.25) is 0 Å². The van der Waals surface area contributed by atoms with Gasteiger partial charge in [-0.3, -0.25) is 9.59 Å². The van der Waals surface area contributed by atoms with Gasteiger partial charge in [-0.1, -0.05) is 44.2 Å². The molecular weight excluding hydrogens is 240 g/mol. The molecule has 0 saturated carbocycles. The summed E-state index contributed by atoms with van der Waals surface area (Å²) in [6.45, 7) is 3.74. The predicted octanol–water partition coefficient (Wildman–Crippen LogP) is 1.26. The van der Waals surface area contributed by atoms with Crippen LogP contribution in [0.15, 0.2) is 48.1 Å². The first-order valence-electron chi connectivity index (χ1n) is 6.31. The molecule has 0 spiro atoms. The summed E-state index contributed by atoms with van der Waals surface area (Å²) in [5.41, 5.74) is 6.26. The largest absolute Gasteiger partial charge is 0.350 e. The Balaban J connectivity index is 2.54. The van der Waals surface area contributed by atoms with E-state index in [1.807, 2.05) is 18.2 Å². The fourth-order valence-electron chi connectivity index (χ4n) is 1.55. The Bertz CT molecular complexity index is 457. The Morgan fingerprint density at radius 3 is 2.47 bits per heavy atom. The third kappa shape index (κ3) is 5.06. The maximum atomic E-state index is 11.9. The number of ketones is 1. The Labute approximate surface area is 113 Å². The highest BCUT2D eigenvalue weighted by atomic mass is 16.2. The summed E-state index contributed by atoms with van der Waals surface area (Å²) >= 11 is 0. The van der Waals surface area contributed by atoms with Crippen LogP contribution >= 0.6 is 0 Å². The quantitative estimate of drug-likeness (QED) is 0.781. The SMILES string of the molecule is CC(C)C(=O)C(N)CNC(=O)C1=C/C=C\C=C/C=C1. The Hall–Kier alpha value is -1.94. The summed E-state index contributed by atoms with van der Waals surface area (Å²) in [4.78, 5) is 23.5. The molecule has 0 aromatic rings. The van der Waals surface area contributed by atoms with Crippen LogP contribution in [0.5, 0.6) is 0 Å². The number of hydrogen-bond acceptors (Lipinski definition) is 3. The fraction of sp³-hybridized carbons (Fsp3) is 0.333. The molecule has 0 heterocycles. The van der Waals surface area contributed by atoms with Crippen LogP contribution in [0.25, 0.3) is 0 Å². The number of rotatable bonds is 5. The van der Waals surface area contributed by atoms with Crippen LogP contribution in [0, 0.1) is 5.92 Å². The summed E-state index contributed by atoms with van der Waals surface area (Å²) in [6, 6.07) is -0.655. The van der Waals surface area contributed by atoms with E-state index < -0.39 is 6.04 Å². The molecule has 19 heavy (non-hydrogen) atoms. The van der Waals surface area contributed by atoms with Crippen molar-refractivity contribution >= 4 is 11.7 Å². The van der Waals surface area contributed by atoms with Crippen molar-refractivity contribution in [2.75, 3.05) is 6.54 Å². The van der Waals surface area contributed by atoms with Gasteiger partial charge in [-0.2, -0.15) is 0 Å². The minimum Gasteiger partial charge on any atom is -0.350 e. The van der Waals surface area contributed by atoms with Gasteiger partial charge in [0, 0.05) is 18.0 Å². The lowest BCUT2D eigenvalue weighted by molar-refractivity contribution is -0.123. The van der Waals surface area contributed by atoms with Crippen LogP contribution in [0.4, 0.5) is 0 Å². The number of nitrogens with one attached hydrogen (secondary N) is 1. The zero-order valence-electron chi connectivity index (χ0n) is 11.3. The highest BCUT2D eigenvalue weighted by Crippen LogP contribution is 2.02. The Kier molecular flexibility index (Phi) is 5.96. The second kappa shape index (κ2) is 7.48. The molecule has 0 fully saturated rings. The molecule has 1 aliphatic rings. The number of Topliss-reactive ketones (excluding diaryl/α,β-unsaturated/α-hetero) is 1. The average molecular weight is 260 g/mol. The second-order valence-electron chi connectivity index (χ2n) is 4.62. The molecule has 1 unspecified atom stereocenters. The lowest BCUT2D eigenvalue weighted by Gasteiger charge is -2.14. The van der Waals surface area contributed by atoms with E-state index in [-0.39, 0.29) is 24.2 Å². The van der Waals surface area contributed by atoms with E-state index in [9.17, 15) is 9.59 Å². The maximum absolute atomic E-state index is 11.9.